The molecule has 130 valence electrons. The highest BCUT2D eigenvalue weighted by atomic mass is 19.1. The summed E-state index contributed by atoms with van der Waals surface area (Å²) in [4.78, 5) is 15.6. The van der Waals surface area contributed by atoms with Gasteiger partial charge in [0.2, 0.25) is 0 Å². The molecule has 9 heteroatoms. The molecule has 0 bridgehead atoms. The summed E-state index contributed by atoms with van der Waals surface area (Å²) in [5, 5.41) is 23.1. The van der Waals surface area contributed by atoms with E-state index in [9.17, 15) is 10.2 Å². The molecule has 2 aliphatic rings. The van der Waals surface area contributed by atoms with E-state index >= 15 is 4.39 Å². The minimum absolute atomic E-state index is 0.213. The monoisotopic (exact) mass is 337 g/mol. The third kappa shape index (κ3) is 2.19. The van der Waals surface area contributed by atoms with E-state index in [0.29, 0.717) is 23.0 Å². The number of anilines is 1. The summed E-state index contributed by atoms with van der Waals surface area (Å²) >= 11 is 0. The van der Waals surface area contributed by atoms with Crippen LogP contribution in [0.5, 0.6) is 0 Å². The van der Waals surface area contributed by atoms with Crippen molar-refractivity contribution in [3.05, 3.63) is 12.2 Å². The number of ether oxygens (including phenoxy) is 1. The van der Waals surface area contributed by atoms with Crippen LogP contribution in [0.1, 0.15) is 38.6 Å². The van der Waals surface area contributed by atoms with E-state index < -0.39 is 30.1 Å². The van der Waals surface area contributed by atoms with Crippen molar-refractivity contribution >= 4 is 17.0 Å². The van der Waals surface area contributed by atoms with E-state index in [0.717, 1.165) is 12.8 Å². The molecule has 1 saturated heterocycles. The number of aliphatic hydroxyl groups excluding tert-OH is 1. The summed E-state index contributed by atoms with van der Waals surface area (Å²) in [5.74, 6) is 0.829. The first-order chi connectivity index (χ1) is 11.3. The SMILES string of the molecule is CC1(O)[C@@H](CO)OC(c2nc3ncnc(NC4CC4)c3[nH]2)[C@@]1(C)F. The van der Waals surface area contributed by atoms with E-state index in [1.54, 1.807) is 0 Å². The molecule has 2 aromatic heterocycles. The molecule has 3 heterocycles. The number of aromatic nitrogens is 4. The highest BCUT2D eigenvalue weighted by Crippen LogP contribution is 2.49. The number of nitrogens with zero attached hydrogens (tertiary/aromatic N) is 3. The van der Waals surface area contributed by atoms with Crippen molar-refractivity contribution in [2.45, 2.75) is 56.2 Å². The van der Waals surface area contributed by atoms with Gasteiger partial charge in [-0.25, -0.2) is 19.3 Å². The Hall–Kier alpha value is -1.84. The molecule has 1 aliphatic heterocycles. The smallest absolute Gasteiger partial charge is 0.183 e. The number of alkyl halides is 1. The molecular weight excluding hydrogens is 317 g/mol. The molecule has 2 aromatic rings. The van der Waals surface area contributed by atoms with Gasteiger partial charge in [0, 0.05) is 6.04 Å². The van der Waals surface area contributed by atoms with Crippen LogP contribution < -0.4 is 5.32 Å². The first-order valence-corrected chi connectivity index (χ1v) is 7.99. The number of aromatic amines is 1. The second-order valence-corrected chi connectivity index (χ2v) is 6.87. The summed E-state index contributed by atoms with van der Waals surface area (Å²) in [6, 6.07) is 0.392. The van der Waals surface area contributed by atoms with Crippen LogP contribution in [-0.2, 0) is 4.74 Å². The molecule has 0 spiro atoms. The van der Waals surface area contributed by atoms with Crippen LogP contribution in [0, 0.1) is 0 Å². The number of nitrogens with one attached hydrogen (secondary N) is 2. The number of imidazole rings is 1. The van der Waals surface area contributed by atoms with Gasteiger partial charge in [-0.05, 0) is 26.7 Å². The topological polar surface area (TPSA) is 116 Å². The number of H-pyrrole nitrogens is 1. The van der Waals surface area contributed by atoms with Gasteiger partial charge in [-0.3, -0.25) is 0 Å². The van der Waals surface area contributed by atoms with Gasteiger partial charge in [-0.15, -0.1) is 0 Å². The van der Waals surface area contributed by atoms with Crippen molar-refractivity contribution in [3.63, 3.8) is 0 Å². The fraction of sp³-hybridized carbons (Fsp3) is 0.667. The van der Waals surface area contributed by atoms with Gasteiger partial charge in [0.15, 0.2) is 23.2 Å². The predicted molar refractivity (Wildman–Crippen MR) is 83.2 cm³/mol. The number of aliphatic hydroxyl groups is 2. The molecule has 0 aromatic carbocycles. The van der Waals surface area contributed by atoms with Gasteiger partial charge in [0.1, 0.15) is 29.4 Å². The molecule has 2 unspecified atom stereocenters. The second-order valence-electron chi connectivity index (χ2n) is 6.87. The van der Waals surface area contributed by atoms with Gasteiger partial charge in [-0.2, -0.15) is 0 Å². The van der Waals surface area contributed by atoms with Gasteiger partial charge in [0.05, 0.1) is 6.61 Å². The zero-order valence-electron chi connectivity index (χ0n) is 13.5. The van der Waals surface area contributed by atoms with Crippen molar-refractivity contribution in [3.8, 4) is 0 Å². The molecule has 0 amide bonds. The number of halogens is 1. The van der Waals surface area contributed by atoms with Crippen molar-refractivity contribution in [1.82, 2.24) is 19.9 Å². The van der Waals surface area contributed by atoms with Crippen molar-refractivity contribution in [1.29, 1.82) is 0 Å². The number of hydrogen-bond donors (Lipinski definition) is 4. The van der Waals surface area contributed by atoms with E-state index in [2.05, 4.69) is 25.3 Å². The van der Waals surface area contributed by atoms with Crippen LogP contribution in [-0.4, -0.2) is 60.2 Å². The summed E-state index contributed by atoms with van der Waals surface area (Å²) in [5.41, 5.74) is -3.00. The molecular formula is C15H20FN5O3. The fourth-order valence-electron chi connectivity index (χ4n) is 3.05. The molecule has 8 nitrogen and oxygen atoms in total. The zero-order chi connectivity index (χ0) is 17.1. The highest BCUT2D eigenvalue weighted by Gasteiger charge is 2.63. The van der Waals surface area contributed by atoms with E-state index in [1.165, 1.54) is 20.2 Å². The van der Waals surface area contributed by atoms with Gasteiger partial charge < -0.3 is 25.3 Å². The molecule has 4 N–H and O–H groups in total. The van der Waals surface area contributed by atoms with Crippen molar-refractivity contribution in [2.75, 3.05) is 11.9 Å². The Bertz CT molecular complexity index is 774. The highest BCUT2D eigenvalue weighted by molar-refractivity contribution is 5.82. The Balaban J connectivity index is 1.74. The van der Waals surface area contributed by atoms with Crippen LogP contribution in [0.15, 0.2) is 6.33 Å². The Kier molecular flexibility index (Phi) is 3.32. The summed E-state index contributed by atoms with van der Waals surface area (Å²) in [6.07, 6.45) is 1.38. The second kappa shape index (κ2) is 5.08. The normalized spacial score (nSPS) is 36.4. The average Bonchev–Trinajstić information content (AvgIpc) is 3.19. The third-order valence-electron chi connectivity index (χ3n) is 5.05. The minimum atomic E-state index is -2.13. The quantitative estimate of drug-likeness (QED) is 0.653. The van der Waals surface area contributed by atoms with Crippen LogP contribution in [0.3, 0.4) is 0 Å². The number of fused-ring (bicyclic) bond motifs is 1. The lowest BCUT2D eigenvalue weighted by molar-refractivity contribution is -0.0889. The summed E-state index contributed by atoms with van der Waals surface area (Å²) in [6.45, 7) is 2.07. The number of rotatable bonds is 4. The predicted octanol–water partition coefficient (Wildman–Crippen LogP) is 0.839. The molecule has 24 heavy (non-hydrogen) atoms. The van der Waals surface area contributed by atoms with Crippen molar-refractivity contribution in [2.24, 2.45) is 0 Å². The Morgan fingerprint density at radius 2 is 2.17 bits per heavy atom. The first-order valence-electron chi connectivity index (χ1n) is 7.99. The minimum Gasteiger partial charge on any atom is -0.394 e. The molecule has 1 aliphatic carbocycles. The molecule has 4 atom stereocenters. The standard InChI is InChI=1S/C15H20FN5O3/c1-14(16)10(24-8(5-22)15(14,2)23)13-20-9-11(19-7-3-4-7)17-6-18-12(9)21-13/h6-8,10,22-23H,3-5H2,1-2H3,(H2,17,18,19,20,21)/t8-,10?,14-,15?/m1/s1. The van der Waals surface area contributed by atoms with Gasteiger partial charge >= 0.3 is 0 Å². The maximum atomic E-state index is 15.2. The Morgan fingerprint density at radius 3 is 2.79 bits per heavy atom. The number of hydrogen-bond acceptors (Lipinski definition) is 7. The first kappa shape index (κ1) is 15.7. The largest absolute Gasteiger partial charge is 0.394 e. The average molecular weight is 337 g/mol. The van der Waals surface area contributed by atoms with Crippen LogP contribution in [0.2, 0.25) is 0 Å². The molecule has 1 saturated carbocycles. The van der Waals surface area contributed by atoms with E-state index in [-0.39, 0.29) is 5.82 Å². The lowest BCUT2D eigenvalue weighted by atomic mass is 9.82. The van der Waals surface area contributed by atoms with Crippen molar-refractivity contribution < 1.29 is 19.3 Å². The van der Waals surface area contributed by atoms with E-state index in [1.807, 2.05) is 0 Å². The summed E-state index contributed by atoms with van der Waals surface area (Å²) < 4.78 is 20.8. The van der Waals surface area contributed by atoms with Crippen LogP contribution in [0.25, 0.3) is 11.2 Å². The third-order valence-corrected chi connectivity index (χ3v) is 5.05. The zero-order valence-corrected chi connectivity index (χ0v) is 13.5. The van der Waals surface area contributed by atoms with Gasteiger partial charge in [-0.1, -0.05) is 0 Å². The molecule has 2 fully saturated rings. The Morgan fingerprint density at radius 1 is 1.42 bits per heavy atom. The maximum absolute atomic E-state index is 15.2. The van der Waals surface area contributed by atoms with Crippen LogP contribution >= 0.6 is 0 Å². The van der Waals surface area contributed by atoms with Crippen LogP contribution in [0.4, 0.5) is 10.2 Å². The summed E-state index contributed by atoms with van der Waals surface area (Å²) in [7, 11) is 0. The fourth-order valence-corrected chi connectivity index (χ4v) is 3.05. The molecule has 0 radical (unpaired) electrons. The van der Waals surface area contributed by atoms with Gasteiger partial charge in [0.25, 0.3) is 0 Å². The maximum Gasteiger partial charge on any atom is 0.183 e. The lowest BCUT2D eigenvalue weighted by Crippen LogP contribution is -2.51. The van der Waals surface area contributed by atoms with E-state index in [4.69, 9.17) is 4.74 Å². The lowest BCUT2D eigenvalue weighted by Gasteiger charge is -2.32. The Labute approximate surface area is 137 Å². The molecule has 4 rings (SSSR count).